The lowest BCUT2D eigenvalue weighted by Crippen LogP contribution is -2.21. The van der Waals surface area contributed by atoms with Crippen molar-refractivity contribution in [1.82, 2.24) is 9.78 Å². The number of aromatic nitrogens is 2. The summed E-state index contributed by atoms with van der Waals surface area (Å²) < 4.78 is 14.8. The Morgan fingerprint density at radius 3 is 2.95 bits per heavy atom. The van der Waals surface area contributed by atoms with Crippen LogP contribution in [0.5, 0.6) is 0 Å². The topological polar surface area (TPSA) is 55.1 Å². The van der Waals surface area contributed by atoms with Gasteiger partial charge in [0.1, 0.15) is 5.82 Å². The minimum Gasteiger partial charge on any atom is -0.395 e. The molecule has 1 heterocycles. The Hall–Kier alpha value is -2.45. The van der Waals surface area contributed by atoms with E-state index in [2.05, 4.69) is 16.9 Å². The zero-order valence-corrected chi connectivity index (χ0v) is 10.7. The highest BCUT2D eigenvalue weighted by molar-refractivity contribution is 5.37. The van der Waals surface area contributed by atoms with Gasteiger partial charge < -0.3 is 5.11 Å². The Bertz CT molecular complexity index is 714. The lowest BCUT2D eigenvalue weighted by molar-refractivity contribution is 0.305. The van der Waals surface area contributed by atoms with E-state index in [9.17, 15) is 9.18 Å². The molecular formula is C15H13FN2O2. The van der Waals surface area contributed by atoms with Crippen molar-refractivity contribution in [3.8, 4) is 11.8 Å². The number of rotatable bonds is 3. The third-order valence-electron chi connectivity index (χ3n) is 2.54. The van der Waals surface area contributed by atoms with Crippen molar-refractivity contribution < 1.29 is 9.50 Å². The summed E-state index contributed by atoms with van der Waals surface area (Å²) >= 11 is 0. The van der Waals surface area contributed by atoms with Crippen LogP contribution in [0, 0.1) is 17.7 Å². The molecule has 0 atom stereocenters. The first-order valence-corrected chi connectivity index (χ1v) is 6.10. The van der Waals surface area contributed by atoms with Gasteiger partial charge >= 0.3 is 0 Å². The van der Waals surface area contributed by atoms with Gasteiger partial charge in [0.2, 0.25) is 0 Å². The van der Waals surface area contributed by atoms with Crippen molar-refractivity contribution in [2.75, 3.05) is 6.61 Å². The van der Waals surface area contributed by atoms with E-state index in [-0.39, 0.29) is 18.7 Å². The van der Waals surface area contributed by atoms with Gasteiger partial charge in [-0.15, -0.1) is 0 Å². The van der Waals surface area contributed by atoms with E-state index in [0.29, 0.717) is 17.5 Å². The number of benzene rings is 1. The molecule has 1 aromatic carbocycles. The molecule has 4 nitrogen and oxygen atoms in total. The lowest BCUT2D eigenvalue weighted by Gasteiger charge is -2.04. The molecule has 0 fully saturated rings. The van der Waals surface area contributed by atoms with Crippen LogP contribution < -0.4 is 5.56 Å². The highest BCUT2D eigenvalue weighted by Crippen LogP contribution is 2.09. The van der Waals surface area contributed by atoms with Crippen LogP contribution in [-0.4, -0.2) is 21.5 Å². The first-order chi connectivity index (χ1) is 9.69. The van der Waals surface area contributed by atoms with Crippen molar-refractivity contribution in [1.29, 1.82) is 0 Å². The molecule has 0 saturated carbocycles. The molecule has 1 aromatic heterocycles. The summed E-state index contributed by atoms with van der Waals surface area (Å²) in [4.78, 5) is 11.6. The van der Waals surface area contributed by atoms with Gasteiger partial charge in [-0.2, -0.15) is 5.10 Å². The van der Waals surface area contributed by atoms with Crippen LogP contribution in [0.2, 0.25) is 0 Å². The van der Waals surface area contributed by atoms with Crippen LogP contribution in [0.25, 0.3) is 0 Å². The maximum Gasteiger partial charge on any atom is 0.267 e. The molecule has 102 valence electrons. The van der Waals surface area contributed by atoms with Crippen molar-refractivity contribution in [2.24, 2.45) is 0 Å². The number of nitrogens with zero attached hydrogens (tertiary/aromatic N) is 2. The van der Waals surface area contributed by atoms with Crippen molar-refractivity contribution in [3.63, 3.8) is 0 Å². The Kier molecular flexibility index (Phi) is 4.64. The number of aliphatic hydroxyl groups is 1. The van der Waals surface area contributed by atoms with Gasteiger partial charge in [0.25, 0.3) is 5.56 Å². The predicted molar refractivity (Wildman–Crippen MR) is 72.6 cm³/mol. The summed E-state index contributed by atoms with van der Waals surface area (Å²) in [6, 6.07) is 7.31. The number of aliphatic hydroxyl groups excluding tert-OH is 1. The van der Waals surface area contributed by atoms with Crippen LogP contribution in [0.1, 0.15) is 17.5 Å². The minimum atomic E-state index is -0.417. The van der Waals surface area contributed by atoms with E-state index in [1.54, 1.807) is 12.1 Å². The predicted octanol–water partition coefficient (Wildman–Crippen LogP) is 1.16. The Balaban J connectivity index is 2.27. The average Bonchev–Trinajstić information content (AvgIpc) is 2.41. The zero-order valence-electron chi connectivity index (χ0n) is 10.7. The van der Waals surface area contributed by atoms with Gasteiger partial charge in [-0.25, -0.2) is 9.07 Å². The normalized spacial score (nSPS) is 9.90. The van der Waals surface area contributed by atoms with Crippen LogP contribution in [-0.2, 0) is 6.54 Å². The van der Waals surface area contributed by atoms with E-state index in [4.69, 9.17) is 5.11 Å². The smallest absolute Gasteiger partial charge is 0.267 e. The van der Waals surface area contributed by atoms with Gasteiger partial charge in [0, 0.05) is 24.2 Å². The molecule has 20 heavy (non-hydrogen) atoms. The molecular weight excluding hydrogens is 259 g/mol. The quantitative estimate of drug-likeness (QED) is 0.853. The number of hydrogen-bond donors (Lipinski definition) is 1. The second-order valence-corrected chi connectivity index (χ2v) is 4.14. The highest BCUT2D eigenvalue weighted by Gasteiger charge is 2.02. The Morgan fingerprint density at radius 2 is 2.20 bits per heavy atom. The van der Waals surface area contributed by atoms with E-state index in [0.717, 1.165) is 0 Å². The molecule has 0 aliphatic carbocycles. The molecule has 0 aliphatic heterocycles. The second kappa shape index (κ2) is 6.64. The number of halogens is 1. The van der Waals surface area contributed by atoms with Crippen molar-refractivity contribution >= 4 is 0 Å². The van der Waals surface area contributed by atoms with Gasteiger partial charge in [-0.3, -0.25) is 4.79 Å². The fourth-order valence-electron chi connectivity index (χ4n) is 1.71. The third kappa shape index (κ3) is 3.77. The van der Waals surface area contributed by atoms with Crippen molar-refractivity contribution in [3.05, 3.63) is 63.8 Å². The zero-order chi connectivity index (χ0) is 14.4. The molecule has 0 radical (unpaired) electrons. The molecule has 2 rings (SSSR count). The molecule has 0 unspecified atom stereocenters. The summed E-state index contributed by atoms with van der Waals surface area (Å²) in [5.41, 5.74) is 0.876. The molecule has 0 amide bonds. The Morgan fingerprint density at radius 1 is 1.35 bits per heavy atom. The molecule has 0 aliphatic rings. The van der Waals surface area contributed by atoms with E-state index < -0.39 is 5.82 Å². The summed E-state index contributed by atoms with van der Waals surface area (Å²) in [5, 5.41) is 12.6. The number of hydrogen-bond acceptors (Lipinski definition) is 3. The van der Waals surface area contributed by atoms with Gasteiger partial charge in [-0.1, -0.05) is 11.8 Å². The largest absolute Gasteiger partial charge is 0.395 e. The lowest BCUT2D eigenvalue weighted by atomic mass is 10.1. The fourth-order valence-corrected chi connectivity index (χ4v) is 1.71. The monoisotopic (exact) mass is 272 g/mol. The van der Waals surface area contributed by atoms with Crippen molar-refractivity contribution in [2.45, 2.75) is 13.0 Å². The van der Waals surface area contributed by atoms with Crippen LogP contribution in [0.4, 0.5) is 4.39 Å². The van der Waals surface area contributed by atoms with E-state index >= 15 is 0 Å². The molecule has 2 aromatic rings. The van der Waals surface area contributed by atoms with Crippen LogP contribution >= 0.6 is 0 Å². The first kappa shape index (κ1) is 14.0. The Labute approximate surface area is 115 Å². The summed E-state index contributed by atoms with van der Waals surface area (Å²) in [7, 11) is 0. The molecule has 5 heteroatoms. The van der Waals surface area contributed by atoms with E-state index in [1.807, 2.05) is 0 Å². The standard InChI is InChI=1S/C15H13FN2O2/c16-14-9-12(4-1-2-7-19)8-13(10-14)11-18-15(20)5-3-6-17-18/h3,5-6,8-10,19H,2,7,11H2. The SMILES string of the molecule is O=c1cccnn1Cc1cc(F)cc(C#CCCO)c1. The summed E-state index contributed by atoms with van der Waals surface area (Å²) in [5.74, 6) is 5.08. The highest BCUT2D eigenvalue weighted by atomic mass is 19.1. The third-order valence-corrected chi connectivity index (χ3v) is 2.54. The summed E-state index contributed by atoms with van der Waals surface area (Å²) in [6.07, 6.45) is 1.84. The summed E-state index contributed by atoms with van der Waals surface area (Å²) in [6.45, 7) is 0.157. The molecule has 0 spiro atoms. The second-order valence-electron chi connectivity index (χ2n) is 4.14. The molecule has 0 bridgehead atoms. The van der Waals surface area contributed by atoms with Gasteiger partial charge in [0.15, 0.2) is 0 Å². The maximum atomic E-state index is 13.5. The minimum absolute atomic E-state index is 0.0293. The first-order valence-electron chi connectivity index (χ1n) is 6.10. The van der Waals surface area contributed by atoms with Gasteiger partial charge in [0.05, 0.1) is 13.2 Å². The fraction of sp³-hybridized carbons (Fsp3) is 0.200. The van der Waals surface area contributed by atoms with Crippen LogP contribution in [0.3, 0.4) is 0 Å². The maximum absolute atomic E-state index is 13.5. The van der Waals surface area contributed by atoms with E-state index in [1.165, 1.54) is 29.1 Å². The molecule has 1 N–H and O–H groups in total. The van der Waals surface area contributed by atoms with Gasteiger partial charge in [-0.05, 0) is 29.8 Å². The molecule has 0 saturated heterocycles. The van der Waals surface area contributed by atoms with Crippen LogP contribution in [0.15, 0.2) is 41.3 Å². The average molecular weight is 272 g/mol.